The van der Waals surface area contributed by atoms with Gasteiger partial charge in [-0.3, -0.25) is 9.59 Å². The summed E-state index contributed by atoms with van der Waals surface area (Å²) in [5.74, 6) is -0.321. The monoisotopic (exact) mass is 282 g/mol. The van der Waals surface area contributed by atoms with Gasteiger partial charge < -0.3 is 9.88 Å². The maximum Gasteiger partial charge on any atom is 0.263 e. The lowest BCUT2D eigenvalue weighted by Gasteiger charge is -2.13. The summed E-state index contributed by atoms with van der Waals surface area (Å²) >= 11 is 0. The molecule has 0 unspecified atom stereocenters. The molecule has 0 saturated heterocycles. The molecule has 1 aromatic heterocycles. The third-order valence-electron chi connectivity index (χ3n) is 2.97. The highest BCUT2D eigenvalue weighted by atomic mass is 16.2. The van der Waals surface area contributed by atoms with Crippen molar-refractivity contribution in [1.29, 1.82) is 0 Å². The van der Waals surface area contributed by atoms with E-state index in [0.717, 1.165) is 12.8 Å². The predicted octanol–water partition coefficient (Wildman–Crippen LogP) is 3.41. The van der Waals surface area contributed by atoms with Gasteiger partial charge in [0.1, 0.15) is 5.56 Å². The van der Waals surface area contributed by atoms with Gasteiger partial charge in [-0.2, -0.15) is 0 Å². The fourth-order valence-electron chi connectivity index (χ4n) is 1.65. The van der Waals surface area contributed by atoms with Crippen LogP contribution in [0.15, 0.2) is 23.1 Å². The molecule has 20 heavy (non-hydrogen) atoms. The van der Waals surface area contributed by atoms with E-state index in [1.807, 2.05) is 20.8 Å². The molecule has 4 heteroatoms. The van der Waals surface area contributed by atoms with Gasteiger partial charge >= 0.3 is 0 Å². The molecule has 0 aromatic carbocycles. The summed E-state index contributed by atoms with van der Waals surface area (Å²) in [5, 5.41) is 2.47. The topological polar surface area (TPSA) is 51.1 Å². The van der Waals surface area contributed by atoms with Crippen molar-refractivity contribution < 1.29 is 6.22 Å². The van der Waals surface area contributed by atoms with Crippen molar-refractivity contribution in [3.05, 3.63) is 34.2 Å². The lowest BCUT2D eigenvalue weighted by Crippen LogP contribution is -2.34. The van der Waals surface area contributed by atoms with Crippen LogP contribution in [0.25, 0.3) is 0 Å². The first-order valence-electron chi connectivity index (χ1n) is 7.44. The normalized spacial score (nSPS) is 14.1. The largest absolute Gasteiger partial charge is 0.355 e. The number of hydrogen-bond donors (Lipinski definition) is 1. The molecular formula is C16H30N2O2. The molecule has 1 aliphatic carbocycles. The summed E-state index contributed by atoms with van der Waals surface area (Å²) in [5.41, 5.74) is -0.0498. The standard InChI is InChI=1S/C11H14N2O2.C3H8.C2H6.H2/c1-11(5-6-11)13-7-3-4-8(10(13)15)9(14)12-2;1-3-2;1-2;/h3-4,7H,5-6H2,1-2H3,(H,12,14);3H2,1-2H3;1-2H3;1H. The summed E-state index contributed by atoms with van der Waals surface area (Å²) in [6.45, 7) is 10.3. The summed E-state index contributed by atoms with van der Waals surface area (Å²) < 4.78 is 1.66. The molecule has 1 saturated carbocycles. The summed E-state index contributed by atoms with van der Waals surface area (Å²) in [6.07, 6.45) is 5.01. The number of nitrogens with zero attached hydrogens (tertiary/aromatic N) is 1. The van der Waals surface area contributed by atoms with Crippen LogP contribution in [-0.4, -0.2) is 17.5 Å². The Labute approximate surface area is 123 Å². The third kappa shape index (κ3) is 4.51. The first kappa shape index (κ1) is 18.4. The second kappa shape index (κ2) is 8.56. The molecule has 1 fully saturated rings. The average molecular weight is 282 g/mol. The van der Waals surface area contributed by atoms with Crippen LogP contribution in [0.1, 0.15) is 65.7 Å². The molecule has 0 atom stereocenters. The Bertz CT molecular complexity index is 479. The van der Waals surface area contributed by atoms with Crippen molar-refractivity contribution >= 4 is 5.91 Å². The fraction of sp³-hybridized carbons (Fsp3) is 0.625. The second-order valence-corrected chi connectivity index (χ2v) is 4.88. The highest BCUT2D eigenvalue weighted by molar-refractivity contribution is 5.93. The van der Waals surface area contributed by atoms with Crippen LogP contribution in [0.2, 0.25) is 0 Å². The highest BCUT2D eigenvalue weighted by Gasteiger charge is 2.40. The quantitative estimate of drug-likeness (QED) is 0.903. The Hall–Kier alpha value is -1.58. The van der Waals surface area contributed by atoms with Crippen LogP contribution >= 0.6 is 0 Å². The SMILES string of the molecule is CC.CCC.CNC(=O)c1cccn(C2(C)CC2)c1=O.[HH]. The van der Waals surface area contributed by atoms with Gasteiger partial charge in [-0.05, 0) is 31.9 Å². The van der Waals surface area contributed by atoms with E-state index in [1.54, 1.807) is 22.9 Å². The molecule has 0 radical (unpaired) electrons. The van der Waals surface area contributed by atoms with E-state index >= 15 is 0 Å². The van der Waals surface area contributed by atoms with E-state index in [9.17, 15) is 9.59 Å². The summed E-state index contributed by atoms with van der Waals surface area (Å²) in [6, 6.07) is 3.30. The van der Waals surface area contributed by atoms with Gasteiger partial charge in [-0.25, -0.2) is 0 Å². The Morgan fingerprint density at radius 3 is 2.30 bits per heavy atom. The van der Waals surface area contributed by atoms with Gasteiger partial charge in [-0.1, -0.05) is 34.1 Å². The van der Waals surface area contributed by atoms with Crippen LogP contribution in [0.3, 0.4) is 0 Å². The van der Waals surface area contributed by atoms with Gasteiger partial charge in [0.2, 0.25) is 0 Å². The molecule has 4 nitrogen and oxygen atoms in total. The van der Waals surface area contributed by atoms with Crippen LogP contribution < -0.4 is 10.9 Å². The first-order chi connectivity index (χ1) is 9.50. The molecule has 0 aliphatic heterocycles. The van der Waals surface area contributed by atoms with Crippen molar-refractivity contribution in [2.75, 3.05) is 7.05 Å². The van der Waals surface area contributed by atoms with Gasteiger partial charge in [0.25, 0.3) is 11.5 Å². The van der Waals surface area contributed by atoms with Crippen LogP contribution in [0.4, 0.5) is 0 Å². The molecule has 0 spiro atoms. The minimum Gasteiger partial charge on any atom is -0.355 e. The maximum absolute atomic E-state index is 12.0. The fourth-order valence-corrected chi connectivity index (χ4v) is 1.65. The molecule has 1 amide bonds. The van der Waals surface area contributed by atoms with Crippen molar-refractivity contribution in [3.63, 3.8) is 0 Å². The van der Waals surface area contributed by atoms with E-state index in [-0.39, 0.29) is 24.0 Å². The number of rotatable bonds is 2. The molecule has 0 bridgehead atoms. The van der Waals surface area contributed by atoms with Crippen LogP contribution in [0, 0.1) is 0 Å². The smallest absolute Gasteiger partial charge is 0.263 e. The first-order valence-corrected chi connectivity index (χ1v) is 7.44. The number of carbonyl (C=O) groups excluding carboxylic acids is 1. The van der Waals surface area contributed by atoms with Gasteiger partial charge in [0.15, 0.2) is 0 Å². The number of pyridine rings is 1. The molecule has 116 valence electrons. The molecule has 1 N–H and O–H groups in total. The minimum absolute atomic E-state index is 0. The van der Waals surface area contributed by atoms with Gasteiger partial charge in [-0.15, -0.1) is 0 Å². The minimum atomic E-state index is -0.321. The summed E-state index contributed by atoms with van der Waals surface area (Å²) in [7, 11) is 1.53. The average Bonchev–Trinajstić information content (AvgIpc) is 3.20. The van der Waals surface area contributed by atoms with E-state index < -0.39 is 0 Å². The molecule has 1 heterocycles. The number of hydrogen-bond acceptors (Lipinski definition) is 2. The molecular weight excluding hydrogens is 252 g/mol. The zero-order chi connectivity index (χ0) is 15.8. The van der Waals surface area contributed by atoms with Crippen LogP contribution in [-0.2, 0) is 5.54 Å². The third-order valence-corrected chi connectivity index (χ3v) is 2.97. The van der Waals surface area contributed by atoms with Gasteiger partial charge in [0.05, 0.1) is 0 Å². The number of carbonyl (C=O) groups is 1. The Morgan fingerprint density at radius 2 is 1.90 bits per heavy atom. The lowest BCUT2D eigenvalue weighted by molar-refractivity contribution is 0.0961. The number of amides is 1. The Balaban J connectivity index is 0. The Morgan fingerprint density at radius 1 is 1.40 bits per heavy atom. The lowest BCUT2D eigenvalue weighted by atomic mass is 10.2. The molecule has 2 rings (SSSR count). The predicted molar refractivity (Wildman–Crippen MR) is 86.4 cm³/mol. The van der Waals surface area contributed by atoms with Crippen LogP contribution in [0.5, 0.6) is 0 Å². The second-order valence-electron chi connectivity index (χ2n) is 4.88. The summed E-state index contributed by atoms with van der Waals surface area (Å²) in [4.78, 5) is 23.4. The number of nitrogens with one attached hydrogen (secondary N) is 1. The van der Waals surface area contributed by atoms with Crippen molar-refractivity contribution in [2.24, 2.45) is 0 Å². The van der Waals surface area contributed by atoms with E-state index in [4.69, 9.17) is 0 Å². The van der Waals surface area contributed by atoms with Crippen molar-refractivity contribution in [3.8, 4) is 0 Å². The highest BCUT2D eigenvalue weighted by Crippen LogP contribution is 2.41. The Kier molecular flexibility index (Phi) is 7.89. The van der Waals surface area contributed by atoms with E-state index in [0.29, 0.717) is 0 Å². The number of aromatic nitrogens is 1. The molecule has 1 aliphatic rings. The zero-order valence-corrected chi connectivity index (χ0v) is 13.6. The zero-order valence-electron chi connectivity index (χ0n) is 13.6. The molecule has 1 aromatic rings. The van der Waals surface area contributed by atoms with Gasteiger partial charge in [0, 0.05) is 20.2 Å². The van der Waals surface area contributed by atoms with Crippen molar-refractivity contribution in [1.82, 2.24) is 9.88 Å². The van der Waals surface area contributed by atoms with E-state index in [1.165, 1.54) is 13.5 Å². The maximum atomic E-state index is 12.0. The van der Waals surface area contributed by atoms with E-state index in [2.05, 4.69) is 19.2 Å². The van der Waals surface area contributed by atoms with Crippen molar-refractivity contribution in [2.45, 2.75) is 59.4 Å².